The number of ether oxygens (including phenoxy) is 1. The molecule has 1 heterocycles. The van der Waals surface area contributed by atoms with Gasteiger partial charge in [-0.05, 0) is 25.1 Å². The number of nitrogens with two attached hydrogens (primary N) is 1. The minimum absolute atomic E-state index is 0.115. The molecule has 0 saturated heterocycles. The maximum Gasteiger partial charge on any atom is 0.292 e. The molecule has 0 aliphatic carbocycles. The fourth-order valence-electron chi connectivity index (χ4n) is 1.17. The summed E-state index contributed by atoms with van der Waals surface area (Å²) in [4.78, 5) is 11.7. The zero-order chi connectivity index (χ0) is 11.1. The van der Waals surface area contributed by atoms with Gasteiger partial charge in [-0.1, -0.05) is 0 Å². The van der Waals surface area contributed by atoms with Crippen molar-refractivity contribution >= 4 is 0 Å². The van der Waals surface area contributed by atoms with Crippen LogP contribution in [0.3, 0.4) is 0 Å². The molecule has 15 heavy (non-hydrogen) atoms. The van der Waals surface area contributed by atoms with E-state index in [-0.39, 0.29) is 17.9 Å². The molecule has 0 atom stereocenters. The number of hydrogen-bond acceptors (Lipinski definition) is 4. The summed E-state index contributed by atoms with van der Waals surface area (Å²) in [5.74, 6) is 0.205. The van der Waals surface area contributed by atoms with E-state index in [9.17, 15) is 4.79 Å². The van der Waals surface area contributed by atoms with E-state index in [1.165, 1.54) is 4.57 Å². The SMILES string of the molecule is N#CCOc1cccn(CCCN)c1=O. The summed E-state index contributed by atoms with van der Waals surface area (Å²) in [6, 6.07) is 5.08. The van der Waals surface area contributed by atoms with Crippen molar-refractivity contribution in [1.29, 1.82) is 5.26 Å². The van der Waals surface area contributed by atoms with Gasteiger partial charge in [-0.3, -0.25) is 4.79 Å². The average Bonchev–Trinajstić information content (AvgIpc) is 2.26. The first kappa shape index (κ1) is 11.3. The molecular formula is C10H13N3O2. The van der Waals surface area contributed by atoms with Crippen LogP contribution in [0.2, 0.25) is 0 Å². The molecule has 0 radical (unpaired) electrons. The Labute approximate surface area is 87.7 Å². The third-order valence-corrected chi connectivity index (χ3v) is 1.88. The first-order chi connectivity index (χ1) is 7.29. The van der Waals surface area contributed by atoms with Crippen molar-refractivity contribution in [3.8, 4) is 11.8 Å². The van der Waals surface area contributed by atoms with Crippen LogP contribution in [0.15, 0.2) is 23.1 Å². The van der Waals surface area contributed by atoms with Crippen molar-refractivity contribution in [1.82, 2.24) is 4.57 Å². The lowest BCUT2D eigenvalue weighted by Gasteiger charge is -2.06. The highest BCUT2D eigenvalue weighted by atomic mass is 16.5. The van der Waals surface area contributed by atoms with Crippen LogP contribution in [0.4, 0.5) is 0 Å². The summed E-state index contributed by atoms with van der Waals surface area (Å²) in [6.45, 7) is 0.991. The summed E-state index contributed by atoms with van der Waals surface area (Å²) in [5.41, 5.74) is 5.13. The fraction of sp³-hybridized carbons (Fsp3) is 0.400. The Balaban J connectivity index is 2.82. The van der Waals surface area contributed by atoms with Crippen molar-refractivity contribution in [2.45, 2.75) is 13.0 Å². The third kappa shape index (κ3) is 3.11. The second-order valence-electron chi connectivity index (χ2n) is 2.96. The van der Waals surface area contributed by atoms with Crippen LogP contribution >= 0.6 is 0 Å². The normalized spacial score (nSPS) is 9.60. The number of nitriles is 1. The molecule has 5 heteroatoms. The number of rotatable bonds is 5. The molecule has 1 aromatic heterocycles. The summed E-state index contributed by atoms with van der Waals surface area (Å²) in [5, 5.41) is 8.33. The fourth-order valence-corrected chi connectivity index (χ4v) is 1.17. The Kier molecular flexibility index (Phi) is 4.38. The van der Waals surface area contributed by atoms with Gasteiger partial charge in [0.1, 0.15) is 6.07 Å². The van der Waals surface area contributed by atoms with Crippen LogP contribution in [0.25, 0.3) is 0 Å². The number of nitrogens with zero attached hydrogens (tertiary/aromatic N) is 2. The van der Waals surface area contributed by atoms with E-state index < -0.39 is 0 Å². The second kappa shape index (κ2) is 5.83. The van der Waals surface area contributed by atoms with Gasteiger partial charge in [0.15, 0.2) is 12.4 Å². The summed E-state index contributed by atoms with van der Waals surface area (Å²) in [6.07, 6.45) is 2.42. The number of aryl methyl sites for hydroxylation is 1. The lowest BCUT2D eigenvalue weighted by Crippen LogP contribution is -2.22. The first-order valence-electron chi connectivity index (χ1n) is 4.69. The van der Waals surface area contributed by atoms with Gasteiger partial charge in [0.25, 0.3) is 5.56 Å². The Morgan fingerprint density at radius 2 is 2.40 bits per heavy atom. The number of pyridine rings is 1. The van der Waals surface area contributed by atoms with Gasteiger partial charge in [0, 0.05) is 12.7 Å². The van der Waals surface area contributed by atoms with E-state index in [1.807, 2.05) is 6.07 Å². The lowest BCUT2D eigenvalue weighted by atomic mass is 10.4. The molecule has 0 aliphatic heterocycles. The van der Waals surface area contributed by atoms with Gasteiger partial charge < -0.3 is 15.0 Å². The van der Waals surface area contributed by atoms with Crippen molar-refractivity contribution in [2.75, 3.05) is 13.2 Å². The minimum Gasteiger partial charge on any atom is -0.473 e. The maximum atomic E-state index is 11.7. The van der Waals surface area contributed by atoms with Crippen LogP contribution < -0.4 is 16.0 Å². The second-order valence-corrected chi connectivity index (χ2v) is 2.96. The Bertz CT molecular complexity index is 406. The van der Waals surface area contributed by atoms with Gasteiger partial charge in [0.05, 0.1) is 0 Å². The maximum absolute atomic E-state index is 11.7. The van der Waals surface area contributed by atoms with Gasteiger partial charge in [-0.2, -0.15) is 5.26 Å². The van der Waals surface area contributed by atoms with E-state index in [1.54, 1.807) is 18.3 Å². The zero-order valence-corrected chi connectivity index (χ0v) is 8.35. The molecule has 0 aliphatic rings. The molecule has 80 valence electrons. The standard InChI is InChI=1S/C10H13N3O2/c11-4-2-7-13-6-1-3-9(10(13)14)15-8-5-12/h1,3,6H,2,4,7-8,11H2. The Morgan fingerprint density at radius 3 is 3.07 bits per heavy atom. The highest BCUT2D eigenvalue weighted by Gasteiger charge is 2.02. The van der Waals surface area contributed by atoms with Crippen LogP contribution in [0, 0.1) is 11.3 Å². The molecule has 0 spiro atoms. The summed E-state index contributed by atoms with van der Waals surface area (Å²) < 4.78 is 6.51. The highest BCUT2D eigenvalue weighted by molar-refractivity contribution is 5.17. The van der Waals surface area contributed by atoms with Gasteiger partial charge >= 0.3 is 0 Å². The molecule has 1 rings (SSSR count). The third-order valence-electron chi connectivity index (χ3n) is 1.88. The molecule has 1 aromatic rings. The number of hydrogen-bond donors (Lipinski definition) is 1. The van der Waals surface area contributed by atoms with E-state index in [0.29, 0.717) is 13.1 Å². The predicted octanol–water partition coefficient (Wildman–Crippen LogP) is 0.0995. The van der Waals surface area contributed by atoms with Crippen molar-refractivity contribution < 1.29 is 4.74 Å². The molecule has 0 amide bonds. The first-order valence-corrected chi connectivity index (χ1v) is 4.69. The quantitative estimate of drug-likeness (QED) is 0.742. The zero-order valence-electron chi connectivity index (χ0n) is 8.35. The Hall–Kier alpha value is -1.80. The largest absolute Gasteiger partial charge is 0.473 e. The van der Waals surface area contributed by atoms with Crippen LogP contribution in [-0.4, -0.2) is 17.7 Å². The van der Waals surface area contributed by atoms with Crippen LogP contribution in [0.1, 0.15) is 6.42 Å². The molecular weight excluding hydrogens is 194 g/mol. The van der Waals surface area contributed by atoms with Crippen molar-refractivity contribution in [2.24, 2.45) is 5.73 Å². The number of aromatic nitrogens is 1. The van der Waals surface area contributed by atoms with Crippen LogP contribution in [0.5, 0.6) is 5.75 Å². The monoisotopic (exact) mass is 207 g/mol. The average molecular weight is 207 g/mol. The van der Waals surface area contributed by atoms with Gasteiger partial charge in [0.2, 0.25) is 0 Å². The Morgan fingerprint density at radius 1 is 1.60 bits per heavy atom. The topological polar surface area (TPSA) is 81.0 Å². The van der Waals surface area contributed by atoms with Gasteiger partial charge in [-0.25, -0.2) is 0 Å². The van der Waals surface area contributed by atoms with E-state index in [4.69, 9.17) is 15.7 Å². The minimum atomic E-state index is -0.221. The smallest absolute Gasteiger partial charge is 0.292 e. The van der Waals surface area contributed by atoms with Gasteiger partial charge in [-0.15, -0.1) is 0 Å². The molecule has 0 aromatic carbocycles. The predicted molar refractivity (Wildman–Crippen MR) is 55.5 cm³/mol. The van der Waals surface area contributed by atoms with Crippen LogP contribution in [-0.2, 0) is 6.54 Å². The summed E-state index contributed by atoms with van der Waals surface area (Å²) >= 11 is 0. The molecule has 0 bridgehead atoms. The van der Waals surface area contributed by atoms with E-state index >= 15 is 0 Å². The molecule has 2 N–H and O–H groups in total. The summed E-state index contributed by atoms with van der Waals surface area (Å²) in [7, 11) is 0. The molecule has 0 unspecified atom stereocenters. The molecule has 0 saturated carbocycles. The molecule has 0 fully saturated rings. The highest BCUT2D eigenvalue weighted by Crippen LogP contribution is 2.01. The van der Waals surface area contributed by atoms with E-state index in [2.05, 4.69) is 0 Å². The van der Waals surface area contributed by atoms with Crippen molar-refractivity contribution in [3.05, 3.63) is 28.7 Å². The van der Waals surface area contributed by atoms with E-state index in [0.717, 1.165) is 6.42 Å². The molecule has 5 nitrogen and oxygen atoms in total. The van der Waals surface area contributed by atoms with Crippen molar-refractivity contribution in [3.63, 3.8) is 0 Å². The lowest BCUT2D eigenvalue weighted by molar-refractivity contribution is 0.358.